The molecule has 2 rings (SSSR count). The van der Waals surface area contributed by atoms with Crippen LogP contribution in [0.25, 0.3) is 0 Å². The Hall–Kier alpha value is -1.26. The summed E-state index contributed by atoms with van der Waals surface area (Å²) in [6, 6.07) is 5.11. The van der Waals surface area contributed by atoms with Crippen molar-refractivity contribution in [1.29, 1.82) is 0 Å². The number of amides is 1. The van der Waals surface area contributed by atoms with Gasteiger partial charge in [-0.3, -0.25) is 4.79 Å². The van der Waals surface area contributed by atoms with Crippen LogP contribution in [0.15, 0.2) is 18.2 Å². The normalized spacial score (nSPS) is 18.2. The van der Waals surface area contributed by atoms with Crippen LogP contribution in [0.2, 0.25) is 5.02 Å². The standard InChI is InChI=1S/C14H19ClN2O2/c1-14(2)9-16-6-7-17(14)13(18)11-5-4-10(15)8-12(11)19-3/h4-5,8,16H,6-7,9H2,1-3H3. The van der Waals surface area contributed by atoms with Crippen molar-refractivity contribution in [1.82, 2.24) is 10.2 Å². The van der Waals surface area contributed by atoms with Crippen LogP contribution in [-0.2, 0) is 0 Å². The molecule has 5 heteroatoms. The molecule has 19 heavy (non-hydrogen) atoms. The molecule has 0 atom stereocenters. The van der Waals surface area contributed by atoms with Gasteiger partial charge in [0.15, 0.2) is 0 Å². The maximum absolute atomic E-state index is 12.7. The number of hydrogen-bond acceptors (Lipinski definition) is 3. The second-order valence-corrected chi connectivity index (χ2v) is 5.73. The van der Waals surface area contributed by atoms with E-state index in [4.69, 9.17) is 16.3 Å². The van der Waals surface area contributed by atoms with Crippen molar-refractivity contribution in [3.05, 3.63) is 28.8 Å². The molecule has 1 fully saturated rings. The Bertz CT molecular complexity index is 488. The van der Waals surface area contributed by atoms with Crippen molar-refractivity contribution in [2.75, 3.05) is 26.7 Å². The molecule has 1 aromatic carbocycles. The van der Waals surface area contributed by atoms with Gasteiger partial charge in [0.05, 0.1) is 18.2 Å². The van der Waals surface area contributed by atoms with Gasteiger partial charge in [-0.05, 0) is 32.0 Å². The lowest BCUT2D eigenvalue weighted by atomic mass is 9.98. The van der Waals surface area contributed by atoms with E-state index in [2.05, 4.69) is 19.2 Å². The van der Waals surface area contributed by atoms with Crippen LogP contribution in [0, 0.1) is 0 Å². The molecule has 0 aliphatic carbocycles. The first kappa shape index (κ1) is 14.2. The van der Waals surface area contributed by atoms with Crippen LogP contribution >= 0.6 is 11.6 Å². The molecular weight excluding hydrogens is 264 g/mol. The van der Waals surface area contributed by atoms with Gasteiger partial charge in [0.2, 0.25) is 0 Å². The molecule has 4 nitrogen and oxygen atoms in total. The number of carbonyl (C=O) groups excluding carboxylic acids is 1. The monoisotopic (exact) mass is 282 g/mol. The van der Waals surface area contributed by atoms with Crippen LogP contribution in [0.4, 0.5) is 0 Å². The fraction of sp³-hybridized carbons (Fsp3) is 0.500. The molecule has 0 spiro atoms. The number of halogens is 1. The summed E-state index contributed by atoms with van der Waals surface area (Å²) in [5.41, 5.74) is 0.349. The van der Waals surface area contributed by atoms with Crippen molar-refractivity contribution in [3.63, 3.8) is 0 Å². The van der Waals surface area contributed by atoms with E-state index in [0.29, 0.717) is 22.9 Å². The molecular formula is C14H19ClN2O2. The minimum atomic E-state index is -0.208. The molecule has 104 valence electrons. The lowest BCUT2D eigenvalue weighted by Gasteiger charge is -2.43. The first-order valence-electron chi connectivity index (χ1n) is 6.32. The van der Waals surface area contributed by atoms with E-state index >= 15 is 0 Å². The summed E-state index contributed by atoms with van der Waals surface area (Å²) >= 11 is 5.93. The second-order valence-electron chi connectivity index (χ2n) is 5.29. The summed E-state index contributed by atoms with van der Waals surface area (Å²) in [4.78, 5) is 14.6. The van der Waals surface area contributed by atoms with E-state index in [1.54, 1.807) is 25.3 Å². The van der Waals surface area contributed by atoms with Crippen LogP contribution in [-0.4, -0.2) is 43.1 Å². The van der Waals surface area contributed by atoms with Gasteiger partial charge in [-0.25, -0.2) is 0 Å². The van der Waals surface area contributed by atoms with Gasteiger partial charge in [-0.2, -0.15) is 0 Å². The highest BCUT2D eigenvalue weighted by Crippen LogP contribution is 2.27. The third-order valence-corrected chi connectivity index (χ3v) is 3.67. The average molecular weight is 283 g/mol. The number of piperazine rings is 1. The van der Waals surface area contributed by atoms with Gasteiger partial charge >= 0.3 is 0 Å². The van der Waals surface area contributed by atoms with Crippen molar-refractivity contribution in [2.45, 2.75) is 19.4 Å². The summed E-state index contributed by atoms with van der Waals surface area (Å²) in [5.74, 6) is 0.506. The molecule has 0 unspecified atom stereocenters. The van der Waals surface area contributed by atoms with E-state index < -0.39 is 0 Å². The zero-order valence-corrected chi connectivity index (χ0v) is 12.3. The van der Waals surface area contributed by atoms with Gasteiger partial charge in [-0.15, -0.1) is 0 Å². The number of methoxy groups -OCH3 is 1. The Balaban J connectivity index is 2.33. The van der Waals surface area contributed by atoms with Crippen LogP contribution in [0.1, 0.15) is 24.2 Å². The van der Waals surface area contributed by atoms with Crippen LogP contribution in [0.3, 0.4) is 0 Å². The molecule has 1 saturated heterocycles. The van der Waals surface area contributed by atoms with Gasteiger partial charge in [-0.1, -0.05) is 11.6 Å². The summed E-state index contributed by atoms with van der Waals surface area (Å²) in [7, 11) is 1.55. The quantitative estimate of drug-likeness (QED) is 0.904. The molecule has 1 amide bonds. The van der Waals surface area contributed by atoms with Crippen LogP contribution in [0.5, 0.6) is 5.75 Å². The number of rotatable bonds is 2. The molecule has 1 aliphatic heterocycles. The van der Waals surface area contributed by atoms with Crippen LogP contribution < -0.4 is 10.1 Å². The minimum absolute atomic E-state index is 0.0139. The molecule has 1 N–H and O–H groups in total. The van der Waals surface area contributed by atoms with Crippen molar-refractivity contribution >= 4 is 17.5 Å². The zero-order chi connectivity index (χ0) is 14.0. The molecule has 1 heterocycles. The topological polar surface area (TPSA) is 41.6 Å². The molecule has 0 bridgehead atoms. The van der Waals surface area contributed by atoms with Gasteiger partial charge < -0.3 is 15.0 Å². The number of ether oxygens (including phenoxy) is 1. The maximum Gasteiger partial charge on any atom is 0.258 e. The van der Waals surface area contributed by atoms with E-state index in [-0.39, 0.29) is 11.4 Å². The van der Waals surface area contributed by atoms with Gasteiger partial charge in [0.25, 0.3) is 5.91 Å². The van der Waals surface area contributed by atoms with Crippen molar-refractivity contribution in [3.8, 4) is 5.75 Å². The van der Waals surface area contributed by atoms with Crippen molar-refractivity contribution < 1.29 is 9.53 Å². The van der Waals surface area contributed by atoms with Gasteiger partial charge in [0, 0.05) is 24.7 Å². The summed E-state index contributed by atoms with van der Waals surface area (Å²) in [5, 5.41) is 3.87. The molecule has 1 aliphatic rings. The molecule has 0 aromatic heterocycles. The fourth-order valence-corrected chi connectivity index (χ4v) is 2.51. The number of carbonyl (C=O) groups is 1. The second kappa shape index (κ2) is 5.39. The number of benzene rings is 1. The summed E-state index contributed by atoms with van der Waals surface area (Å²) in [6.07, 6.45) is 0. The Morgan fingerprint density at radius 1 is 1.47 bits per heavy atom. The lowest BCUT2D eigenvalue weighted by molar-refractivity contribution is 0.0474. The Morgan fingerprint density at radius 2 is 2.21 bits per heavy atom. The lowest BCUT2D eigenvalue weighted by Crippen LogP contribution is -2.59. The number of nitrogens with zero attached hydrogens (tertiary/aromatic N) is 1. The molecule has 0 radical (unpaired) electrons. The first-order chi connectivity index (χ1) is 8.95. The maximum atomic E-state index is 12.7. The zero-order valence-electron chi connectivity index (χ0n) is 11.5. The largest absolute Gasteiger partial charge is 0.496 e. The van der Waals surface area contributed by atoms with Gasteiger partial charge in [0.1, 0.15) is 5.75 Å². The van der Waals surface area contributed by atoms with E-state index in [0.717, 1.165) is 13.1 Å². The third kappa shape index (κ3) is 2.85. The van der Waals surface area contributed by atoms with E-state index in [1.165, 1.54) is 0 Å². The Kier molecular flexibility index (Phi) is 4.02. The highest BCUT2D eigenvalue weighted by atomic mass is 35.5. The Morgan fingerprint density at radius 3 is 2.84 bits per heavy atom. The Labute approximate surface area is 118 Å². The number of hydrogen-bond donors (Lipinski definition) is 1. The fourth-order valence-electron chi connectivity index (χ4n) is 2.35. The predicted molar refractivity (Wildman–Crippen MR) is 76.0 cm³/mol. The molecule has 1 aromatic rings. The average Bonchev–Trinajstić information content (AvgIpc) is 2.37. The summed E-state index contributed by atoms with van der Waals surface area (Å²) < 4.78 is 5.26. The summed E-state index contributed by atoms with van der Waals surface area (Å²) in [6.45, 7) is 6.40. The minimum Gasteiger partial charge on any atom is -0.496 e. The SMILES string of the molecule is COc1cc(Cl)ccc1C(=O)N1CCNCC1(C)C. The highest BCUT2D eigenvalue weighted by Gasteiger charge is 2.34. The van der Waals surface area contributed by atoms with E-state index in [1.807, 2.05) is 4.90 Å². The van der Waals surface area contributed by atoms with Crippen molar-refractivity contribution in [2.24, 2.45) is 0 Å². The highest BCUT2D eigenvalue weighted by molar-refractivity contribution is 6.30. The third-order valence-electron chi connectivity index (χ3n) is 3.44. The molecule has 0 saturated carbocycles. The predicted octanol–water partition coefficient (Wildman–Crippen LogP) is 2.17. The van der Waals surface area contributed by atoms with E-state index in [9.17, 15) is 4.79 Å². The first-order valence-corrected chi connectivity index (χ1v) is 6.70. The smallest absolute Gasteiger partial charge is 0.258 e. The number of nitrogens with one attached hydrogen (secondary N) is 1.